The number of unbranched alkanes of at least 4 members (excludes halogenated alkanes) is 1. The van der Waals surface area contributed by atoms with E-state index in [2.05, 4.69) is 31.3 Å². The van der Waals surface area contributed by atoms with Crippen molar-refractivity contribution >= 4 is 22.2 Å². The van der Waals surface area contributed by atoms with Gasteiger partial charge in [-0.1, -0.05) is 57.0 Å². The number of sulfone groups is 1. The van der Waals surface area contributed by atoms with E-state index in [9.17, 15) is 8.42 Å². The zero-order valence-corrected chi connectivity index (χ0v) is 18.4. The van der Waals surface area contributed by atoms with E-state index in [0.717, 1.165) is 36.8 Å². The van der Waals surface area contributed by atoms with Crippen molar-refractivity contribution < 1.29 is 13.2 Å². The van der Waals surface area contributed by atoms with Crippen LogP contribution in [0.5, 0.6) is 5.75 Å². The van der Waals surface area contributed by atoms with Crippen molar-refractivity contribution in [3.05, 3.63) is 59.7 Å². The Hall–Kier alpha value is -1.56. The minimum atomic E-state index is -3.41. The molecule has 3 rings (SSSR count). The van der Waals surface area contributed by atoms with E-state index in [1.165, 1.54) is 0 Å². The molecule has 0 aromatic heterocycles. The van der Waals surface area contributed by atoms with E-state index in [-0.39, 0.29) is 24.2 Å². The third-order valence-corrected chi connectivity index (χ3v) is 7.57. The summed E-state index contributed by atoms with van der Waals surface area (Å²) < 4.78 is 32.0. The molecule has 0 spiro atoms. The Labute approximate surface area is 175 Å². The first-order valence-corrected chi connectivity index (χ1v) is 11.3. The van der Waals surface area contributed by atoms with Crippen molar-refractivity contribution in [2.45, 2.75) is 56.0 Å². The number of ether oxygens (including phenoxy) is 1. The minimum absolute atomic E-state index is 0. The van der Waals surface area contributed by atoms with Crippen LogP contribution in [0.15, 0.2) is 53.4 Å². The molecule has 0 aliphatic carbocycles. The van der Waals surface area contributed by atoms with Crippen molar-refractivity contribution in [2.75, 3.05) is 12.9 Å². The van der Waals surface area contributed by atoms with Gasteiger partial charge in [0, 0.05) is 5.54 Å². The highest BCUT2D eigenvalue weighted by Gasteiger charge is 2.41. The van der Waals surface area contributed by atoms with Crippen molar-refractivity contribution in [2.24, 2.45) is 0 Å². The molecule has 0 radical (unpaired) electrons. The van der Waals surface area contributed by atoms with Crippen LogP contribution in [0.1, 0.15) is 56.7 Å². The smallest absolute Gasteiger partial charge is 0.180 e. The summed E-state index contributed by atoms with van der Waals surface area (Å²) in [5, 5.41) is 3.76. The van der Waals surface area contributed by atoms with Gasteiger partial charge in [0.15, 0.2) is 9.84 Å². The van der Waals surface area contributed by atoms with Gasteiger partial charge in [0.1, 0.15) is 5.75 Å². The lowest BCUT2D eigenvalue weighted by Crippen LogP contribution is -2.50. The first-order valence-electron chi connectivity index (χ1n) is 9.68. The molecule has 154 valence electrons. The maximum Gasteiger partial charge on any atom is 0.180 e. The van der Waals surface area contributed by atoms with Gasteiger partial charge in [0.2, 0.25) is 0 Å². The summed E-state index contributed by atoms with van der Waals surface area (Å²) in [7, 11) is -1.81. The number of hydrogen-bond donors (Lipinski definition) is 1. The van der Waals surface area contributed by atoms with Gasteiger partial charge in [-0.05, 0) is 42.2 Å². The quantitative estimate of drug-likeness (QED) is 0.716. The summed E-state index contributed by atoms with van der Waals surface area (Å²) >= 11 is 0. The fourth-order valence-electron chi connectivity index (χ4n) is 3.98. The average molecular weight is 424 g/mol. The highest BCUT2D eigenvalue weighted by atomic mass is 35.5. The van der Waals surface area contributed by atoms with Crippen LogP contribution in [0.2, 0.25) is 0 Å². The maximum atomic E-state index is 13.3. The van der Waals surface area contributed by atoms with Crippen molar-refractivity contribution in [3.8, 4) is 5.75 Å². The first kappa shape index (κ1) is 22.7. The predicted octanol–water partition coefficient (Wildman–Crippen LogP) is 4.92. The van der Waals surface area contributed by atoms with E-state index in [4.69, 9.17) is 4.74 Å². The minimum Gasteiger partial charge on any atom is -0.497 e. The van der Waals surface area contributed by atoms with Crippen LogP contribution in [-0.4, -0.2) is 26.8 Å². The number of benzene rings is 2. The largest absolute Gasteiger partial charge is 0.497 e. The molecule has 4 nitrogen and oxygen atoms in total. The van der Waals surface area contributed by atoms with Gasteiger partial charge < -0.3 is 4.74 Å². The molecule has 2 aromatic carbocycles. The monoisotopic (exact) mass is 423 g/mol. The van der Waals surface area contributed by atoms with Gasteiger partial charge in [-0.25, -0.2) is 8.42 Å². The lowest BCUT2D eigenvalue weighted by molar-refractivity contribution is 0.294. The zero-order chi connectivity index (χ0) is 19.5. The lowest BCUT2D eigenvalue weighted by Gasteiger charge is -2.36. The number of fused-ring (bicyclic) bond motifs is 1. The second-order valence-electron chi connectivity index (χ2n) is 7.39. The van der Waals surface area contributed by atoms with Crippen molar-refractivity contribution in [1.82, 2.24) is 5.32 Å². The van der Waals surface area contributed by atoms with Crippen molar-refractivity contribution in [3.63, 3.8) is 0 Å². The van der Waals surface area contributed by atoms with Crippen LogP contribution in [-0.2, 0) is 9.84 Å². The molecule has 1 aliphatic rings. The maximum absolute atomic E-state index is 13.3. The third-order valence-electron chi connectivity index (χ3n) is 5.60. The first-order chi connectivity index (χ1) is 12.9. The summed E-state index contributed by atoms with van der Waals surface area (Å²) in [5.41, 5.74) is 1.40. The van der Waals surface area contributed by atoms with E-state index in [1.54, 1.807) is 19.2 Å². The van der Waals surface area contributed by atoms with E-state index >= 15 is 0 Å². The Morgan fingerprint density at radius 2 is 1.86 bits per heavy atom. The molecule has 0 saturated carbocycles. The number of halogens is 1. The molecule has 1 aliphatic heterocycles. The second kappa shape index (κ2) is 9.29. The third kappa shape index (κ3) is 4.53. The summed E-state index contributed by atoms with van der Waals surface area (Å²) in [6, 6.07) is 15.2. The van der Waals surface area contributed by atoms with Gasteiger partial charge in [-0.2, -0.15) is 0 Å². The lowest BCUT2D eigenvalue weighted by atomic mass is 9.88. The Bertz CT molecular complexity index is 886. The Kier molecular flexibility index (Phi) is 7.54. The summed E-state index contributed by atoms with van der Waals surface area (Å²) in [6.07, 6.45) is 3.65. The molecule has 0 saturated heterocycles. The molecule has 1 N–H and O–H groups in total. The Morgan fingerprint density at radius 1 is 1.14 bits per heavy atom. The van der Waals surface area contributed by atoms with Crippen LogP contribution in [0.25, 0.3) is 0 Å². The van der Waals surface area contributed by atoms with Gasteiger partial charge in [-0.15, -0.1) is 12.4 Å². The number of methoxy groups -OCH3 is 1. The predicted molar refractivity (Wildman–Crippen MR) is 116 cm³/mol. The van der Waals surface area contributed by atoms with Crippen LogP contribution in [0.3, 0.4) is 0 Å². The molecule has 0 fully saturated rings. The molecule has 2 aromatic rings. The topological polar surface area (TPSA) is 55.4 Å². The number of rotatable bonds is 6. The molecule has 2 unspecified atom stereocenters. The molecular formula is C22H30ClNO3S. The molecule has 6 heteroatoms. The van der Waals surface area contributed by atoms with Gasteiger partial charge in [0.25, 0.3) is 0 Å². The highest BCUT2D eigenvalue weighted by molar-refractivity contribution is 7.91. The van der Waals surface area contributed by atoms with E-state index in [0.29, 0.717) is 10.6 Å². The molecule has 1 heterocycles. The van der Waals surface area contributed by atoms with Crippen LogP contribution in [0.4, 0.5) is 0 Å². The summed E-state index contributed by atoms with van der Waals surface area (Å²) in [5.74, 6) is 0.795. The Balaban J connectivity index is 0.00000280. The van der Waals surface area contributed by atoms with Crippen molar-refractivity contribution in [1.29, 1.82) is 0 Å². The average Bonchev–Trinajstić information content (AvgIpc) is 2.79. The summed E-state index contributed by atoms with van der Waals surface area (Å²) in [6.45, 7) is 4.22. The second-order valence-corrected chi connectivity index (χ2v) is 9.35. The molecule has 0 bridgehead atoms. The highest BCUT2D eigenvalue weighted by Crippen LogP contribution is 2.39. The normalized spacial score (nSPS) is 23.2. The standard InChI is InChI=1S/C22H29NO3S.ClH/c1-4-6-14-22(5-2)16-27(24,25)20-13-12-18(26-3)15-19(20)21(23-22)17-10-8-7-9-11-17;/h7-13,15,21,23H,4-6,14,16H2,1-3H3;1H. The SMILES string of the molecule is CCCCC1(CC)CS(=O)(=O)c2ccc(OC)cc2C(c2ccccc2)N1.Cl. The summed E-state index contributed by atoms with van der Waals surface area (Å²) in [4.78, 5) is 0.413. The van der Waals surface area contributed by atoms with Gasteiger partial charge >= 0.3 is 0 Å². The van der Waals surface area contributed by atoms with E-state index < -0.39 is 15.4 Å². The molecule has 2 atom stereocenters. The molecule has 28 heavy (non-hydrogen) atoms. The van der Waals surface area contributed by atoms with Crippen LogP contribution in [0, 0.1) is 0 Å². The van der Waals surface area contributed by atoms with Gasteiger partial charge in [-0.3, -0.25) is 5.32 Å². The van der Waals surface area contributed by atoms with Crippen LogP contribution < -0.4 is 10.1 Å². The van der Waals surface area contributed by atoms with Crippen LogP contribution >= 0.6 is 12.4 Å². The fourth-order valence-corrected chi connectivity index (χ4v) is 6.10. The number of hydrogen-bond acceptors (Lipinski definition) is 4. The Morgan fingerprint density at radius 3 is 2.46 bits per heavy atom. The zero-order valence-electron chi connectivity index (χ0n) is 16.8. The van der Waals surface area contributed by atoms with E-state index in [1.807, 2.05) is 24.3 Å². The molecule has 0 amide bonds. The number of nitrogens with one attached hydrogen (secondary N) is 1. The fraction of sp³-hybridized carbons (Fsp3) is 0.455. The molecular weight excluding hydrogens is 394 g/mol. The van der Waals surface area contributed by atoms with Gasteiger partial charge in [0.05, 0.1) is 23.8 Å².